The fourth-order valence-corrected chi connectivity index (χ4v) is 5.00. The van der Waals surface area contributed by atoms with E-state index in [-0.39, 0.29) is 15.8 Å². The summed E-state index contributed by atoms with van der Waals surface area (Å²) in [5, 5.41) is -0.00112. The number of fused-ring (bicyclic) bond motifs is 1. The minimum atomic E-state index is -3.45. The molecule has 3 atom stereocenters. The van der Waals surface area contributed by atoms with Gasteiger partial charge in [0.1, 0.15) is 0 Å². The average Bonchev–Trinajstić information content (AvgIpc) is 2.27. The quantitative estimate of drug-likeness (QED) is 0.800. The van der Waals surface area contributed by atoms with Gasteiger partial charge in [-0.3, -0.25) is 0 Å². The van der Waals surface area contributed by atoms with Gasteiger partial charge in [-0.05, 0) is 25.0 Å². The molecule has 2 N–H and O–H groups in total. The summed E-state index contributed by atoms with van der Waals surface area (Å²) in [7, 11) is -3.45. The molecule has 6 heteroatoms. The Morgan fingerprint density at radius 1 is 1.18 bits per heavy atom. The third-order valence-corrected chi connectivity index (χ3v) is 6.68. The third kappa shape index (κ3) is 1.78. The Bertz CT molecular complexity index is 571. The summed E-state index contributed by atoms with van der Waals surface area (Å²) in [6, 6.07) is 2.67. The Labute approximate surface area is 111 Å². The molecule has 1 aliphatic heterocycles. The van der Waals surface area contributed by atoms with Gasteiger partial charge in [0.25, 0.3) is 0 Å². The molecule has 0 fully saturated rings. The van der Waals surface area contributed by atoms with Crippen molar-refractivity contribution in [3.8, 4) is 0 Å². The maximum atomic E-state index is 12.3. The molecule has 0 aliphatic carbocycles. The van der Waals surface area contributed by atoms with Gasteiger partial charge in [-0.2, -0.15) is 0 Å². The van der Waals surface area contributed by atoms with Crippen LogP contribution in [0.3, 0.4) is 0 Å². The highest BCUT2D eigenvalue weighted by Crippen LogP contribution is 2.44. The zero-order valence-corrected chi connectivity index (χ0v) is 11.8. The van der Waals surface area contributed by atoms with E-state index in [4.69, 9.17) is 28.9 Å². The molecule has 0 radical (unpaired) electrons. The Morgan fingerprint density at radius 3 is 2.29 bits per heavy atom. The molecule has 0 spiro atoms. The maximum absolute atomic E-state index is 12.3. The van der Waals surface area contributed by atoms with Crippen molar-refractivity contribution in [1.29, 1.82) is 0 Å². The van der Waals surface area contributed by atoms with Crippen LogP contribution >= 0.6 is 23.2 Å². The largest absolute Gasteiger partial charge is 0.324 e. The van der Waals surface area contributed by atoms with Crippen LogP contribution in [-0.2, 0) is 9.84 Å². The van der Waals surface area contributed by atoms with Gasteiger partial charge < -0.3 is 5.73 Å². The normalized spacial score (nSPS) is 31.0. The molecule has 0 aromatic heterocycles. The first-order valence-electron chi connectivity index (χ1n) is 5.26. The van der Waals surface area contributed by atoms with E-state index < -0.39 is 21.1 Å². The SMILES string of the molecule is CC1C(N)c2c(Cl)ccc(Cl)c2S(=O)(=O)C1C. The van der Waals surface area contributed by atoms with Gasteiger partial charge in [-0.15, -0.1) is 0 Å². The minimum absolute atomic E-state index is 0.102. The second kappa shape index (κ2) is 4.12. The molecule has 3 unspecified atom stereocenters. The third-order valence-electron chi connectivity index (χ3n) is 3.51. The van der Waals surface area contributed by atoms with Crippen molar-refractivity contribution < 1.29 is 8.42 Å². The van der Waals surface area contributed by atoms with E-state index >= 15 is 0 Å². The number of halogens is 2. The van der Waals surface area contributed by atoms with E-state index in [0.717, 1.165) is 0 Å². The highest BCUT2D eigenvalue weighted by Gasteiger charge is 2.42. The second-order valence-electron chi connectivity index (χ2n) is 4.41. The van der Waals surface area contributed by atoms with Crippen LogP contribution in [0.4, 0.5) is 0 Å². The zero-order chi connectivity index (χ0) is 13.0. The number of hydrogen-bond acceptors (Lipinski definition) is 3. The monoisotopic (exact) mass is 293 g/mol. The van der Waals surface area contributed by atoms with Gasteiger partial charge in [-0.1, -0.05) is 30.1 Å². The Kier molecular flexibility index (Phi) is 3.19. The number of sulfone groups is 1. The lowest BCUT2D eigenvalue weighted by molar-refractivity contribution is 0.425. The van der Waals surface area contributed by atoms with E-state index in [2.05, 4.69) is 0 Å². The first-order valence-corrected chi connectivity index (χ1v) is 7.56. The van der Waals surface area contributed by atoms with Gasteiger partial charge in [0, 0.05) is 16.6 Å². The van der Waals surface area contributed by atoms with Crippen molar-refractivity contribution in [2.45, 2.75) is 30.0 Å². The molecule has 94 valence electrons. The van der Waals surface area contributed by atoms with Crippen LogP contribution in [-0.4, -0.2) is 13.7 Å². The Hall–Kier alpha value is -0.290. The average molecular weight is 294 g/mol. The van der Waals surface area contributed by atoms with Crippen LogP contribution in [0, 0.1) is 5.92 Å². The van der Waals surface area contributed by atoms with Crippen LogP contribution in [0.15, 0.2) is 17.0 Å². The molecule has 1 aromatic rings. The molecule has 17 heavy (non-hydrogen) atoms. The topological polar surface area (TPSA) is 60.2 Å². The molecule has 0 saturated carbocycles. The van der Waals surface area contributed by atoms with Gasteiger partial charge in [0.2, 0.25) is 0 Å². The predicted octanol–water partition coefficient (Wildman–Crippen LogP) is 2.81. The van der Waals surface area contributed by atoms with E-state index in [1.54, 1.807) is 13.0 Å². The van der Waals surface area contributed by atoms with Crippen LogP contribution in [0.2, 0.25) is 10.0 Å². The van der Waals surface area contributed by atoms with Crippen LogP contribution in [0.5, 0.6) is 0 Å². The summed E-state index contributed by atoms with van der Waals surface area (Å²) >= 11 is 12.0. The molecule has 0 saturated heterocycles. The lowest BCUT2D eigenvalue weighted by atomic mass is 9.92. The van der Waals surface area contributed by atoms with E-state index in [0.29, 0.717) is 10.6 Å². The molecular formula is C11H13Cl2NO2S. The van der Waals surface area contributed by atoms with E-state index in [9.17, 15) is 8.42 Å². The lowest BCUT2D eigenvalue weighted by Crippen LogP contribution is -2.39. The highest BCUT2D eigenvalue weighted by atomic mass is 35.5. The fourth-order valence-electron chi connectivity index (χ4n) is 2.17. The Morgan fingerprint density at radius 2 is 1.71 bits per heavy atom. The summed E-state index contributed by atoms with van der Waals surface area (Å²) in [5.74, 6) is -0.191. The highest BCUT2D eigenvalue weighted by molar-refractivity contribution is 7.92. The van der Waals surface area contributed by atoms with Crippen molar-refractivity contribution in [2.75, 3.05) is 0 Å². The van der Waals surface area contributed by atoms with Crippen molar-refractivity contribution in [3.63, 3.8) is 0 Å². The second-order valence-corrected chi connectivity index (χ2v) is 7.46. The Balaban J connectivity index is 2.87. The van der Waals surface area contributed by atoms with Crippen molar-refractivity contribution in [2.24, 2.45) is 11.7 Å². The molecule has 3 nitrogen and oxygen atoms in total. The summed E-state index contributed by atoms with van der Waals surface area (Å²) in [5.41, 5.74) is 6.51. The van der Waals surface area contributed by atoms with Gasteiger partial charge in [0.05, 0.1) is 15.2 Å². The fraction of sp³-hybridized carbons (Fsp3) is 0.455. The van der Waals surface area contributed by atoms with Crippen molar-refractivity contribution >= 4 is 33.0 Å². The standard InChI is InChI=1S/C11H13Cl2NO2S/c1-5-6(2)17(15,16)11-8(13)4-3-7(12)9(11)10(5)14/h3-6,10H,14H2,1-2H3. The smallest absolute Gasteiger partial charge is 0.183 e. The maximum Gasteiger partial charge on any atom is 0.183 e. The summed E-state index contributed by atoms with van der Waals surface area (Å²) < 4.78 is 24.7. The number of benzene rings is 1. The first-order chi connectivity index (χ1) is 7.78. The van der Waals surface area contributed by atoms with E-state index in [1.807, 2.05) is 6.92 Å². The molecule has 2 rings (SSSR count). The molecule has 1 aromatic carbocycles. The predicted molar refractivity (Wildman–Crippen MR) is 69.2 cm³/mol. The van der Waals surface area contributed by atoms with Crippen LogP contribution in [0.25, 0.3) is 0 Å². The van der Waals surface area contributed by atoms with Gasteiger partial charge >= 0.3 is 0 Å². The van der Waals surface area contributed by atoms with Crippen LogP contribution < -0.4 is 5.73 Å². The molecule has 1 heterocycles. The zero-order valence-electron chi connectivity index (χ0n) is 9.44. The summed E-state index contributed by atoms with van der Waals surface area (Å²) in [6.07, 6.45) is 0. The van der Waals surface area contributed by atoms with E-state index in [1.165, 1.54) is 6.07 Å². The first kappa shape index (κ1) is 13.1. The lowest BCUT2D eigenvalue weighted by Gasteiger charge is -2.34. The minimum Gasteiger partial charge on any atom is -0.324 e. The molecule has 0 amide bonds. The molecule has 1 aliphatic rings. The van der Waals surface area contributed by atoms with Crippen molar-refractivity contribution in [3.05, 3.63) is 27.7 Å². The van der Waals surface area contributed by atoms with Crippen molar-refractivity contribution in [1.82, 2.24) is 0 Å². The van der Waals surface area contributed by atoms with Gasteiger partial charge in [-0.25, -0.2) is 8.42 Å². The molecule has 0 bridgehead atoms. The summed E-state index contributed by atoms with van der Waals surface area (Å²) in [4.78, 5) is 0.102. The summed E-state index contributed by atoms with van der Waals surface area (Å²) in [6.45, 7) is 3.47. The molecular weight excluding hydrogens is 281 g/mol. The van der Waals surface area contributed by atoms with Gasteiger partial charge in [0.15, 0.2) is 9.84 Å². The number of nitrogens with two attached hydrogens (primary N) is 1. The van der Waals surface area contributed by atoms with Crippen LogP contribution in [0.1, 0.15) is 25.5 Å². The number of hydrogen-bond donors (Lipinski definition) is 1. The number of rotatable bonds is 0.